The predicted octanol–water partition coefficient (Wildman–Crippen LogP) is 2.49. The van der Waals surface area contributed by atoms with Gasteiger partial charge in [0.1, 0.15) is 0 Å². The lowest BCUT2D eigenvalue weighted by atomic mass is 10.1. The summed E-state index contributed by atoms with van der Waals surface area (Å²) in [4.78, 5) is 4.25. The molecule has 1 aromatic heterocycles. The normalized spacial score (nSPS) is 21.6. The van der Waals surface area contributed by atoms with Crippen LogP contribution < -0.4 is 5.32 Å². The summed E-state index contributed by atoms with van der Waals surface area (Å²) in [6, 6.07) is 7.39. The summed E-state index contributed by atoms with van der Waals surface area (Å²) in [5.74, 6) is 0.450. The van der Waals surface area contributed by atoms with Crippen molar-refractivity contribution in [1.29, 1.82) is 0 Å². The largest absolute Gasteiger partial charge is 0.381 e. The number of nitrogens with zero attached hydrogens (tertiary/aromatic N) is 1. The van der Waals surface area contributed by atoms with Gasteiger partial charge in [0, 0.05) is 23.3 Å². The first-order chi connectivity index (χ1) is 9.05. The molecule has 100 valence electrons. The van der Waals surface area contributed by atoms with Crippen LogP contribution in [0.1, 0.15) is 6.42 Å². The number of hydrogen-bond acceptors (Lipinski definition) is 4. The molecule has 2 aromatic rings. The molecular weight excluding hydrogens is 284 g/mol. The Bertz CT molecular complexity index is 731. The van der Waals surface area contributed by atoms with Crippen molar-refractivity contribution in [3.05, 3.63) is 35.5 Å². The minimum atomic E-state index is -2.88. The van der Waals surface area contributed by atoms with E-state index < -0.39 is 9.84 Å². The van der Waals surface area contributed by atoms with Crippen LogP contribution >= 0.6 is 11.6 Å². The van der Waals surface area contributed by atoms with Gasteiger partial charge >= 0.3 is 0 Å². The van der Waals surface area contributed by atoms with Crippen molar-refractivity contribution in [3.63, 3.8) is 0 Å². The molecule has 19 heavy (non-hydrogen) atoms. The molecule has 1 aliphatic heterocycles. The van der Waals surface area contributed by atoms with Gasteiger partial charge in [0.25, 0.3) is 0 Å². The van der Waals surface area contributed by atoms with Gasteiger partial charge in [0.05, 0.1) is 22.0 Å². The molecule has 0 saturated carbocycles. The molecule has 1 unspecified atom stereocenters. The van der Waals surface area contributed by atoms with E-state index in [9.17, 15) is 8.42 Å². The third-order valence-electron chi connectivity index (χ3n) is 3.31. The molecule has 0 aliphatic carbocycles. The Balaban J connectivity index is 1.96. The number of pyridine rings is 1. The standard InChI is InChI=1S/C13H13ClN2O2S/c14-11-3-4-12(10-2-1-6-15-13(10)11)16-9-5-7-19(17,18)8-9/h1-4,6,9,16H,5,7-8H2. The van der Waals surface area contributed by atoms with Crippen LogP contribution in [0.2, 0.25) is 5.02 Å². The van der Waals surface area contributed by atoms with E-state index in [-0.39, 0.29) is 17.5 Å². The highest BCUT2D eigenvalue weighted by atomic mass is 35.5. The van der Waals surface area contributed by atoms with Crippen molar-refractivity contribution in [2.75, 3.05) is 16.8 Å². The topological polar surface area (TPSA) is 59.1 Å². The highest BCUT2D eigenvalue weighted by Crippen LogP contribution is 2.29. The van der Waals surface area contributed by atoms with Crippen molar-refractivity contribution < 1.29 is 8.42 Å². The minimum Gasteiger partial charge on any atom is -0.381 e. The van der Waals surface area contributed by atoms with E-state index in [1.54, 1.807) is 12.3 Å². The fraction of sp³-hybridized carbons (Fsp3) is 0.308. The summed E-state index contributed by atoms with van der Waals surface area (Å²) in [6.45, 7) is 0. The van der Waals surface area contributed by atoms with E-state index in [1.165, 1.54) is 0 Å². The molecule has 0 radical (unpaired) electrons. The Morgan fingerprint density at radius 3 is 2.89 bits per heavy atom. The lowest BCUT2D eigenvalue weighted by Crippen LogP contribution is -2.20. The highest BCUT2D eigenvalue weighted by Gasteiger charge is 2.28. The number of hydrogen-bond donors (Lipinski definition) is 1. The SMILES string of the molecule is O=S1(=O)CCC(Nc2ccc(Cl)c3ncccc23)C1. The smallest absolute Gasteiger partial charge is 0.152 e. The van der Waals surface area contributed by atoms with Gasteiger partial charge in [0.15, 0.2) is 9.84 Å². The van der Waals surface area contributed by atoms with Crippen molar-refractivity contribution in [2.24, 2.45) is 0 Å². The predicted molar refractivity (Wildman–Crippen MR) is 77.4 cm³/mol. The van der Waals surface area contributed by atoms with Gasteiger partial charge in [-0.2, -0.15) is 0 Å². The quantitative estimate of drug-likeness (QED) is 0.925. The molecule has 1 aromatic carbocycles. The van der Waals surface area contributed by atoms with Crippen molar-refractivity contribution >= 4 is 38.0 Å². The number of aromatic nitrogens is 1. The maximum absolute atomic E-state index is 11.5. The Kier molecular flexibility index (Phi) is 3.11. The van der Waals surface area contributed by atoms with Gasteiger partial charge in [0.2, 0.25) is 0 Å². The van der Waals surface area contributed by atoms with Gasteiger partial charge < -0.3 is 5.32 Å². The maximum Gasteiger partial charge on any atom is 0.152 e. The van der Waals surface area contributed by atoms with E-state index in [4.69, 9.17) is 11.6 Å². The summed E-state index contributed by atoms with van der Waals surface area (Å²) in [7, 11) is -2.88. The molecule has 1 N–H and O–H groups in total. The lowest BCUT2D eigenvalue weighted by molar-refractivity contribution is 0.602. The van der Waals surface area contributed by atoms with Gasteiger partial charge in [-0.15, -0.1) is 0 Å². The molecular formula is C13H13ClN2O2S. The van der Waals surface area contributed by atoms with Crippen LogP contribution in [-0.2, 0) is 9.84 Å². The Hall–Kier alpha value is -1.33. The minimum absolute atomic E-state index is 0.0328. The van der Waals surface area contributed by atoms with Crippen LogP contribution in [0.15, 0.2) is 30.5 Å². The van der Waals surface area contributed by atoms with Crippen molar-refractivity contribution in [2.45, 2.75) is 12.5 Å². The molecule has 0 amide bonds. The first kappa shape index (κ1) is 12.7. The zero-order chi connectivity index (χ0) is 13.5. The number of anilines is 1. The van der Waals surface area contributed by atoms with Gasteiger partial charge in [-0.05, 0) is 30.7 Å². The van der Waals surface area contributed by atoms with E-state index in [2.05, 4.69) is 10.3 Å². The molecule has 1 saturated heterocycles. The molecule has 3 rings (SSSR count). The molecule has 1 atom stereocenters. The fourth-order valence-corrected chi connectivity index (χ4v) is 4.28. The van der Waals surface area contributed by atoms with Crippen LogP contribution in [0.5, 0.6) is 0 Å². The zero-order valence-corrected chi connectivity index (χ0v) is 11.7. The molecule has 2 heterocycles. The second kappa shape index (κ2) is 4.65. The van der Waals surface area contributed by atoms with E-state index >= 15 is 0 Å². The average Bonchev–Trinajstić information content (AvgIpc) is 2.73. The summed E-state index contributed by atoms with van der Waals surface area (Å²) in [5.41, 5.74) is 1.62. The van der Waals surface area contributed by atoms with Crippen molar-refractivity contribution in [1.82, 2.24) is 4.98 Å². The second-order valence-corrected chi connectivity index (χ2v) is 7.37. The number of sulfone groups is 1. The van der Waals surface area contributed by atoms with Gasteiger partial charge in [-0.1, -0.05) is 11.6 Å². The molecule has 1 fully saturated rings. The van der Waals surface area contributed by atoms with Crippen LogP contribution in [0.3, 0.4) is 0 Å². The number of rotatable bonds is 2. The number of halogens is 1. The summed E-state index contributed by atoms with van der Waals surface area (Å²) >= 11 is 6.10. The monoisotopic (exact) mass is 296 g/mol. The first-order valence-electron chi connectivity index (χ1n) is 6.05. The van der Waals surface area contributed by atoms with Crippen LogP contribution in [0.25, 0.3) is 10.9 Å². The zero-order valence-electron chi connectivity index (χ0n) is 10.1. The molecule has 1 aliphatic rings. The van der Waals surface area contributed by atoms with Gasteiger partial charge in [-0.3, -0.25) is 4.98 Å². The number of fused-ring (bicyclic) bond motifs is 1. The van der Waals surface area contributed by atoms with E-state index in [0.29, 0.717) is 11.4 Å². The van der Waals surface area contributed by atoms with E-state index in [0.717, 1.165) is 16.6 Å². The summed E-state index contributed by atoms with van der Waals surface area (Å²) in [5, 5.41) is 4.80. The highest BCUT2D eigenvalue weighted by molar-refractivity contribution is 7.91. The molecule has 6 heteroatoms. The van der Waals surface area contributed by atoms with Crippen LogP contribution in [0.4, 0.5) is 5.69 Å². The van der Waals surface area contributed by atoms with Crippen LogP contribution in [-0.4, -0.2) is 30.9 Å². The number of nitrogens with one attached hydrogen (secondary N) is 1. The lowest BCUT2D eigenvalue weighted by Gasteiger charge is -2.14. The summed E-state index contributed by atoms with van der Waals surface area (Å²) in [6.07, 6.45) is 2.34. The van der Waals surface area contributed by atoms with Gasteiger partial charge in [-0.25, -0.2) is 8.42 Å². The molecule has 0 bridgehead atoms. The fourth-order valence-electron chi connectivity index (χ4n) is 2.39. The Morgan fingerprint density at radius 2 is 2.16 bits per heavy atom. The third kappa shape index (κ3) is 2.53. The average molecular weight is 297 g/mol. The third-order valence-corrected chi connectivity index (χ3v) is 5.39. The summed E-state index contributed by atoms with van der Waals surface area (Å²) < 4.78 is 23.0. The van der Waals surface area contributed by atoms with E-state index in [1.807, 2.05) is 18.2 Å². The molecule has 4 nitrogen and oxygen atoms in total. The Labute approximate surface area is 116 Å². The second-order valence-electron chi connectivity index (χ2n) is 4.74. The number of benzene rings is 1. The maximum atomic E-state index is 11.5. The van der Waals surface area contributed by atoms with Crippen molar-refractivity contribution in [3.8, 4) is 0 Å². The first-order valence-corrected chi connectivity index (χ1v) is 8.25. The Morgan fingerprint density at radius 1 is 1.32 bits per heavy atom. The van der Waals surface area contributed by atoms with Crippen LogP contribution in [0, 0.1) is 0 Å². The molecule has 0 spiro atoms.